The number of nitrogens with one attached hydrogen (secondary N) is 1. The lowest BCUT2D eigenvalue weighted by atomic mass is 10.2. The van der Waals surface area contributed by atoms with Crippen LogP contribution in [-0.4, -0.2) is 38.0 Å². The Kier molecular flexibility index (Phi) is 7.26. The summed E-state index contributed by atoms with van der Waals surface area (Å²) >= 11 is 7.46. The Labute approximate surface area is 201 Å². The number of benzene rings is 2. The third-order valence-corrected chi connectivity index (χ3v) is 6.08. The highest BCUT2D eigenvalue weighted by atomic mass is 35.5. The molecule has 0 bridgehead atoms. The molecule has 4 rings (SSSR count). The number of rotatable bonds is 8. The monoisotopic (exact) mass is 479 g/mol. The first kappa shape index (κ1) is 22.8. The molecule has 0 spiro atoms. The third kappa shape index (κ3) is 5.53. The van der Waals surface area contributed by atoms with Crippen LogP contribution in [-0.2, 0) is 4.79 Å². The van der Waals surface area contributed by atoms with Gasteiger partial charge in [-0.1, -0.05) is 29.4 Å². The van der Waals surface area contributed by atoms with E-state index in [4.69, 9.17) is 16.3 Å². The van der Waals surface area contributed by atoms with Crippen LogP contribution in [0.15, 0.2) is 72.1 Å². The summed E-state index contributed by atoms with van der Waals surface area (Å²) in [7, 11) is 0. The fourth-order valence-corrected chi connectivity index (χ4v) is 4.07. The molecular formula is C24H22ClN5O2S. The molecule has 0 aliphatic heterocycles. The van der Waals surface area contributed by atoms with Gasteiger partial charge in [-0.05, 0) is 67.9 Å². The van der Waals surface area contributed by atoms with E-state index in [1.165, 1.54) is 11.8 Å². The number of carbonyl (C=O) groups is 1. The van der Waals surface area contributed by atoms with Gasteiger partial charge < -0.3 is 10.1 Å². The molecule has 0 aliphatic rings. The number of hydrogen-bond donors (Lipinski definition) is 1. The van der Waals surface area contributed by atoms with Gasteiger partial charge in [-0.15, -0.1) is 10.2 Å². The maximum atomic E-state index is 12.6. The summed E-state index contributed by atoms with van der Waals surface area (Å²) in [6.07, 6.45) is 3.44. The van der Waals surface area contributed by atoms with Gasteiger partial charge in [0.2, 0.25) is 5.91 Å². The summed E-state index contributed by atoms with van der Waals surface area (Å²) in [5.41, 5.74) is 3.29. The van der Waals surface area contributed by atoms with Crippen LogP contribution >= 0.6 is 23.4 Å². The van der Waals surface area contributed by atoms with Crippen LogP contribution in [0.5, 0.6) is 5.75 Å². The zero-order chi connectivity index (χ0) is 23.2. The molecule has 2 aromatic carbocycles. The summed E-state index contributed by atoms with van der Waals surface area (Å²) in [6.45, 7) is 4.45. The zero-order valence-electron chi connectivity index (χ0n) is 18.2. The van der Waals surface area contributed by atoms with Crippen LogP contribution in [0, 0.1) is 6.92 Å². The minimum absolute atomic E-state index is 0.160. The number of nitrogens with zero attached hydrogens (tertiary/aromatic N) is 4. The summed E-state index contributed by atoms with van der Waals surface area (Å²) in [6, 6.07) is 16.9. The van der Waals surface area contributed by atoms with Crippen molar-refractivity contribution < 1.29 is 9.53 Å². The standard InChI is InChI=1S/C24H22ClN5O2S/c1-3-32-20-10-8-19(9-11-20)30-23(17-5-4-12-26-14-17)28-29-24(30)33-15-22(31)27-18-7-6-16(2)21(25)13-18/h4-14H,3,15H2,1-2H3,(H,27,31). The number of carbonyl (C=O) groups excluding carboxylic acids is 1. The smallest absolute Gasteiger partial charge is 0.234 e. The van der Waals surface area contributed by atoms with Crippen LogP contribution in [0.4, 0.5) is 5.69 Å². The lowest BCUT2D eigenvalue weighted by molar-refractivity contribution is -0.113. The number of thioether (sulfide) groups is 1. The van der Waals surface area contributed by atoms with Crippen LogP contribution in [0.2, 0.25) is 5.02 Å². The average Bonchev–Trinajstić information content (AvgIpc) is 3.25. The van der Waals surface area contributed by atoms with E-state index in [-0.39, 0.29) is 11.7 Å². The van der Waals surface area contributed by atoms with Gasteiger partial charge >= 0.3 is 0 Å². The van der Waals surface area contributed by atoms with Gasteiger partial charge in [-0.3, -0.25) is 14.3 Å². The molecule has 4 aromatic rings. The summed E-state index contributed by atoms with van der Waals surface area (Å²) in [5, 5.41) is 12.8. The lowest BCUT2D eigenvalue weighted by Gasteiger charge is -2.11. The molecule has 0 aliphatic carbocycles. The van der Waals surface area contributed by atoms with Crippen LogP contribution in [0.1, 0.15) is 12.5 Å². The fraction of sp³-hybridized carbons (Fsp3) is 0.167. The second-order valence-corrected chi connectivity index (χ2v) is 8.46. The maximum Gasteiger partial charge on any atom is 0.234 e. The normalized spacial score (nSPS) is 10.8. The van der Waals surface area contributed by atoms with Crippen molar-refractivity contribution in [2.24, 2.45) is 0 Å². The first-order valence-electron chi connectivity index (χ1n) is 10.3. The minimum Gasteiger partial charge on any atom is -0.494 e. The van der Waals surface area contributed by atoms with E-state index in [1.807, 2.05) is 66.9 Å². The van der Waals surface area contributed by atoms with Crippen LogP contribution in [0.3, 0.4) is 0 Å². The number of aryl methyl sites for hydroxylation is 1. The Balaban J connectivity index is 1.57. The van der Waals surface area contributed by atoms with Gasteiger partial charge in [0.1, 0.15) is 5.75 Å². The van der Waals surface area contributed by atoms with Gasteiger partial charge in [0.15, 0.2) is 11.0 Å². The second-order valence-electron chi connectivity index (χ2n) is 7.11. The summed E-state index contributed by atoms with van der Waals surface area (Å²) in [5.74, 6) is 1.42. The molecular weight excluding hydrogens is 458 g/mol. The predicted molar refractivity (Wildman–Crippen MR) is 131 cm³/mol. The molecule has 0 unspecified atom stereocenters. The number of amides is 1. The van der Waals surface area contributed by atoms with Crippen LogP contribution in [0.25, 0.3) is 17.1 Å². The Bertz CT molecular complexity index is 1250. The lowest BCUT2D eigenvalue weighted by Crippen LogP contribution is -2.14. The molecule has 7 nitrogen and oxygen atoms in total. The highest BCUT2D eigenvalue weighted by Crippen LogP contribution is 2.29. The zero-order valence-corrected chi connectivity index (χ0v) is 19.7. The third-order valence-electron chi connectivity index (χ3n) is 4.75. The SMILES string of the molecule is CCOc1ccc(-n2c(SCC(=O)Nc3ccc(C)c(Cl)c3)nnc2-c2cccnc2)cc1. The highest BCUT2D eigenvalue weighted by Gasteiger charge is 2.18. The van der Waals surface area contributed by atoms with Gasteiger partial charge in [-0.2, -0.15) is 0 Å². The number of ether oxygens (including phenoxy) is 1. The molecule has 2 heterocycles. The number of hydrogen-bond acceptors (Lipinski definition) is 6. The van der Waals surface area contributed by atoms with Gasteiger partial charge in [-0.25, -0.2) is 0 Å². The Morgan fingerprint density at radius 2 is 1.97 bits per heavy atom. The fourth-order valence-electron chi connectivity index (χ4n) is 3.13. The first-order valence-corrected chi connectivity index (χ1v) is 11.7. The summed E-state index contributed by atoms with van der Waals surface area (Å²) < 4.78 is 7.47. The van der Waals surface area contributed by atoms with Crippen molar-refractivity contribution in [2.75, 3.05) is 17.7 Å². The minimum atomic E-state index is -0.163. The molecule has 1 N–H and O–H groups in total. The number of pyridine rings is 1. The molecule has 0 saturated carbocycles. The predicted octanol–water partition coefficient (Wildman–Crippen LogP) is 5.42. The van der Waals surface area contributed by atoms with E-state index in [1.54, 1.807) is 18.5 Å². The van der Waals surface area contributed by atoms with Crippen LogP contribution < -0.4 is 10.1 Å². The first-order chi connectivity index (χ1) is 16.0. The molecule has 0 fully saturated rings. The Hall–Kier alpha value is -3.36. The van der Waals surface area contributed by atoms with E-state index in [0.717, 1.165) is 22.6 Å². The molecule has 168 valence electrons. The number of halogens is 1. The van der Waals surface area contributed by atoms with E-state index in [0.29, 0.717) is 28.3 Å². The van der Waals surface area contributed by atoms with E-state index >= 15 is 0 Å². The van der Waals surface area contributed by atoms with Crippen molar-refractivity contribution in [3.63, 3.8) is 0 Å². The Morgan fingerprint density at radius 1 is 1.15 bits per heavy atom. The van der Waals surface area contributed by atoms with E-state index in [2.05, 4.69) is 20.5 Å². The van der Waals surface area contributed by atoms with Crippen molar-refractivity contribution in [3.8, 4) is 22.8 Å². The average molecular weight is 480 g/mol. The van der Waals surface area contributed by atoms with Crippen molar-refractivity contribution >= 4 is 35.0 Å². The maximum absolute atomic E-state index is 12.6. The van der Waals surface area contributed by atoms with Crippen molar-refractivity contribution in [2.45, 2.75) is 19.0 Å². The number of aromatic nitrogens is 4. The largest absolute Gasteiger partial charge is 0.494 e. The molecule has 0 atom stereocenters. The van der Waals surface area contributed by atoms with Crippen molar-refractivity contribution in [1.82, 2.24) is 19.7 Å². The highest BCUT2D eigenvalue weighted by molar-refractivity contribution is 7.99. The topological polar surface area (TPSA) is 81.9 Å². The quantitative estimate of drug-likeness (QED) is 0.340. The molecule has 9 heteroatoms. The molecule has 33 heavy (non-hydrogen) atoms. The van der Waals surface area contributed by atoms with E-state index < -0.39 is 0 Å². The van der Waals surface area contributed by atoms with E-state index in [9.17, 15) is 4.79 Å². The van der Waals surface area contributed by atoms with Gasteiger partial charge in [0.25, 0.3) is 0 Å². The molecule has 2 aromatic heterocycles. The summed E-state index contributed by atoms with van der Waals surface area (Å²) in [4.78, 5) is 16.8. The van der Waals surface area contributed by atoms with Gasteiger partial charge in [0, 0.05) is 34.4 Å². The van der Waals surface area contributed by atoms with Crippen molar-refractivity contribution in [3.05, 3.63) is 77.6 Å². The molecule has 1 amide bonds. The second kappa shape index (κ2) is 10.5. The Morgan fingerprint density at radius 3 is 2.67 bits per heavy atom. The molecule has 0 saturated heterocycles. The van der Waals surface area contributed by atoms with Gasteiger partial charge in [0.05, 0.1) is 12.4 Å². The van der Waals surface area contributed by atoms with Crippen molar-refractivity contribution in [1.29, 1.82) is 0 Å². The molecule has 0 radical (unpaired) electrons. The number of anilines is 1.